The molecule has 0 atom stereocenters. The van der Waals surface area contributed by atoms with Gasteiger partial charge in [-0.05, 0) is 36.2 Å². The lowest BCUT2D eigenvalue weighted by molar-refractivity contribution is -0.129. The van der Waals surface area contributed by atoms with Crippen LogP contribution in [-0.2, 0) is 17.9 Å². The van der Waals surface area contributed by atoms with Crippen LogP contribution in [0.15, 0.2) is 48.5 Å². The van der Waals surface area contributed by atoms with Gasteiger partial charge in [0, 0.05) is 37.8 Å². The first-order chi connectivity index (χ1) is 11.5. The van der Waals surface area contributed by atoms with Crippen molar-refractivity contribution in [3.05, 3.63) is 65.2 Å². The number of hydrogen-bond acceptors (Lipinski definition) is 3. The van der Waals surface area contributed by atoms with E-state index in [1.165, 1.54) is 0 Å². The molecule has 0 saturated carbocycles. The van der Waals surface area contributed by atoms with E-state index >= 15 is 0 Å². The van der Waals surface area contributed by atoms with Crippen molar-refractivity contribution < 1.29 is 9.59 Å². The van der Waals surface area contributed by atoms with Crippen molar-refractivity contribution in [2.45, 2.75) is 26.9 Å². The summed E-state index contributed by atoms with van der Waals surface area (Å²) < 4.78 is 0. The van der Waals surface area contributed by atoms with Gasteiger partial charge in [0.2, 0.25) is 5.91 Å². The molecule has 0 fully saturated rings. The number of para-hydroxylation sites is 1. The van der Waals surface area contributed by atoms with E-state index in [1.54, 1.807) is 24.0 Å². The molecule has 5 nitrogen and oxygen atoms in total. The van der Waals surface area contributed by atoms with Crippen LogP contribution >= 0.6 is 0 Å². The fourth-order valence-corrected chi connectivity index (χ4v) is 2.42. The van der Waals surface area contributed by atoms with E-state index < -0.39 is 0 Å². The molecule has 0 aromatic heterocycles. The van der Waals surface area contributed by atoms with Crippen LogP contribution in [0, 0.1) is 0 Å². The molecular formula is C19H23N3O2. The van der Waals surface area contributed by atoms with Gasteiger partial charge >= 0.3 is 0 Å². The van der Waals surface area contributed by atoms with E-state index in [4.69, 9.17) is 5.73 Å². The van der Waals surface area contributed by atoms with Gasteiger partial charge in [-0.2, -0.15) is 0 Å². The Balaban J connectivity index is 2.16. The zero-order chi connectivity index (χ0) is 17.5. The van der Waals surface area contributed by atoms with Crippen LogP contribution in [0.4, 0.5) is 5.69 Å². The van der Waals surface area contributed by atoms with E-state index in [0.29, 0.717) is 30.9 Å². The number of hydrogen-bond donors (Lipinski definition) is 2. The minimum atomic E-state index is -0.183. The average Bonchev–Trinajstić information content (AvgIpc) is 2.60. The van der Waals surface area contributed by atoms with Gasteiger partial charge in [0.05, 0.1) is 0 Å². The molecule has 3 N–H and O–H groups in total. The summed E-state index contributed by atoms with van der Waals surface area (Å²) in [6, 6.07) is 14.7. The summed E-state index contributed by atoms with van der Waals surface area (Å²) in [6.07, 6.45) is 0. The van der Waals surface area contributed by atoms with Gasteiger partial charge in [-0.25, -0.2) is 0 Å². The lowest BCUT2D eigenvalue weighted by atomic mass is 10.1. The number of amides is 2. The molecule has 2 rings (SSSR count). The van der Waals surface area contributed by atoms with Crippen molar-refractivity contribution >= 4 is 17.5 Å². The summed E-state index contributed by atoms with van der Waals surface area (Å²) in [7, 11) is 0. The molecule has 126 valence electrons. The van der Waals surface area contributed by atoms with Crippen LogP contribution in [0.2, 0.25) is 0 Å². The van der Waals surface area contributed by atoms with Crippen molar-refractivity contribution in [3.63, 3.8) is 0 Å². The first-order valence-electron chi connectivity index (χ1n) is 7.99. The molecule has 2 aromatic rings. The molecule has 0 spiro atoms. The second-order valence-corrected chi connectivity index (χ2v) is 5.55. The zero-order valence-electron chi connectivity index (χ0n) is 14.1. The highest BCUT2D eigenvalue weighted by Gasteiger charge is 2.12. The highest BCUT2D eigenvalue weighted by molar-refractivity contribution is 6.04. The Morgan fingerprint density at radius 3 is 2.33 bits per heavy atom. The molecule has 0 radical (unpaired) electrons. The summed E-state index contributed by atoms with van der Waals surface area (Å²) in [4.78, 5) is 25.8. The molecule has 0 aliphatic carbocycles. The number of rotatable bonds is 6. The first-order valence-corrected chi connectivity index (χ1v) is 7.99. The van der Waals surface area contributed by atoms with Gasteiger partial charge in [-0.1, -0.05) is 30.3 Å². The molecule has 2 amide bonds. The maximum atomic E-state index is 12.4. The lowest BCUT2D eigenvalue weighted by Gasteiger charge is -2.21. The number of carbonyl (C=O) groups excluding carboxylic acids is 2. The summed E-state index contributed by atoms with van der Waals surface area (Å²) in [6.45, 7) is 5.01. The minimum Gasteiger partial charge on any atom is -0.339 e. The molecule has 0 saturated heterocycles. The molecule has 0 aliphatic rings. The van der Waals surface area contributed by atoms with Crippen LogP contribution in [0.3, 0.4) is 0 Å². The van der Waals surface area contributed by atoms with Crippen LogP contribution in [0.1, 0.15) is 35.3 Å². The molecule has 0 bridgehead atoms. The predicted octanol–water partition coefficient (Wildman–Crippen LogP) is 2.77. The number of carbonyl (C=O) groups is 2. The van der Waals surface area contributed by atoms with Crippen molar-refractivity contribution in [2.24, 2.45) is 5.73 Å². The third kappa shape index (κ3) is 4.43. The van der Waals surface area contributed by atoms with Crippen molar-refractivity contribution in [1.82, 2.24) is 4.90 Å². The van der Waals surface area contributed by atoms with Gasteiger partial charge in [0.15, 0.2) is 0 Å². The SMILES string of the molecule is CCN(Cc1ccccc1NC(=O)c1ccc(CN)cc1)C(C)=O. The number of nitrogens with zero attached hydrogens (tertiary/aromatic N) is 1. The third-order valence-electron chi connectivity index (χ3n) is 3.91. The van der Waals surface area contributed by atoms with Crippen LogP contribution in [-0.4, -0.2) is 23.3 Å². The summed E-state index contributed by atoms with van der Waals surface area (Å²) in [5, 5.41) is 2.92. The fraction of sp³-hybridized carbons (Fsp3) is 0.263. The largest absolute Gasteiger partial charge is 0.339 e. The Bertz CT molecular complexity index is 711. The van der Waals surface area contributed by atoms with Gasteiger partial charge in [-0.15, -0.1) is 0 Å². The highest BCUT2D eigenvalue weighted by Crippen LogP contribution is 2.18. The minimum absolute atomic E-state index is 0.0102. The van der Waals surface area contributed by atoms with Gasteiger partial charge in [-0.3, -0.25) is 9.59 Å². The van der Waals surface area contributed by atoms with Gasteiger partial charge < -0.3 is 16.0 Å². The number of benzene rings is 2. The highest BCUT2D eigenvalue weighted by atomic mass is 16.2. The van der Waals surface area contributed by atoms with Crippen LogP contribution < -0.4 is 11.1 Å². The molecule has 24 heavy (non-hydrogen) atoms. The van der Waals surface area contributed by atoms with Crippen molar-refractivity contribution in [3.8, 4) is 0 Å². The van der Waals surface area contributed by atoms with E-state index in [-0.39, 0.29) is 11.8 Å². The molecule has 5 heteroatoms. The molecular weight excluding hydrogens is 302 g/mol. The smallest absolute Gasteiger partial charge is 0.255 e. The van der Waals surface area contributed by atoms with Crippen LogP contribution in [0.5, 0.6) is 0 Å². The Hall–Kier alpha value is -2.66. The van der Waals surface area contributed by atoms with Crippen LogP contribution in [0.25, 0.3) is 0 Å². The number of anilines is 1. The maximum Gasteiger partial charge on any atom is 0.255 e. The second kappa shape index (κ2) is 8.26. The second-order valence-electron chi connectivity index (χ2n) is 5.55. The van der Waals surface area contributed by atoms with E-state index in [0.717, 1.165) is 11.1 Å². The average molecular weight is 325 g/mol. The summed E-state index contributed by atoms with van der Waals surface area (Å²) >= 11 is 0. The monoisotopic (exact) mass is 325 g/mol. The lowest BCUT2D eigenvalue weighted by Crippen LogP contribution is -2.28. The van der Waals surface area contributed by atoms with Gasteiger partial charge in [0.25, 0.3) is 5.91 Å². The number of nitrogens with one attached hydrogen (secondary N) is 1. The topological polar surface area (TPSA) is 75.4 Å². The molecule has 2 aromatic carbocycles. The Kier molecular flexibility index (Phi) is 6.09. The van der Waals surface area contributed by atoms with E-state index in [1.807, 2.05) is 43.3 Å². The van der Waals surface area contributed by atoms with Crippen molar-refractivity contribution in [2.75, 3.05) is 11.9 Å². The maximum absolute atomic E-state index is 12.4. The fourth-order valence-electron chi connectivity index (χ4n) is 2.42. The molecule has 0 heterocycles. The summed E-state index contributed by atoms with van der Waals surface area (Å²) in [5.41, 5.74) is 8.74. The normalized spacial score (nSPS) is 10.3. The Labute approximate surface area is 142 Å². The standard InChI is InChI=1S/C19H23N3O2/c1-3-22(14(2)23)13-17-6-4-5-7-18(17)21-19(24)16-10-8-15(12-20)9-11-16/h4-11H,3,12-13,20H2,1-2H3,(H,21,24). The Morgan fingerprint density at radius 1 is 1.08 bits per heavy atom. The molecule has 0 aliphatic heterocycles. The summed E-state index contributed by atoms with van der Waals surface area (Å²) in [5.74, 6) is -0.173. The Morgan fingerprint density at radius 2 is 1.75 bits per heavy atom. The quantitative estimate of drug-likeness (QED) is 0.857. The first kappa shape index (κ1) is 17.7. The zero-order valence-corrected chi connectivity index (χ0v) is 14.1. The number of nitrogens with two attached hydrogens (primary N) is 1. The third-order valence-corrected chi connectivity index (χ3v) is 3.91. The molecule has 0 unspecified atom stereocenters. The predicted molar refractivity (Wildman–Crippen MR) is 95.5 cm³/mol. The van der Waals surface area contributed by atoms with Crippen molar-refractivity contribution in [1.29, 1.82) is 0 Å². The van der Waals surface area contributed by atoms with Gasteiger partial charge in [0.1, 0.15) is 0 Å². The van der Waals surface area contributed by atoms with E-state index in [2.05, 4.69) is 5.32 Å². The van der Waals surface area contributed by atoms with E-state index in [9.17, 15) is 9.59 Å².